The minimum atomic E-state index is -4.71. The Labute approximate surface area is 173 Å². The zero-order chi connectivity index (χ0) is 22.5. The van der Waals surface area contributed by atoms with E-state index in [0.29, 0.717) is 5.56 Å². The molecule has 2 rings (SSSR count). The monoisotopic (exact) mass is 445 g/mol. The third-order valence-electron chi connectivity index (χ3n) is 3.86. The van der Waals surface area contributed by atoms with Gasteiger partial charge in [0, 0.05) is 19.3 Å². The molecule has 0 spiro atoms. The predicted octanol–water partition coefficient (Wildman–Crippen LogP) is 4.63. The van der Waals surface area contributed by atoms with Gasteiger partial charge in [0.25, 0.3) is 0 Å². The Morgan fingerprint density at radius 2 is 1.93 bits per heavy atom. The van der Waals surface area contributed by atoms with E-state index in [2.05, 4.69) is 9.72 Å². The number of amides is 1. The number of aryl methyl sites for hydroxylation is 1. The quantitative estimate of drug-likeness (QED) is 0.459. The van der Waals surface area contributed by atoms with Crippen LogP contribution in [0.5, 0.6) is 5.75 Å². The van der Waals surface area contributed by atoms with Gasteiger partial charge in [-0.2, -0.15) is 27.2 Å². The first-order valence-corrected chi connectivity index (χ1v) is 9.39. The molecule has 1 aromatic carbocycles. The second kappa shape index (κ2) is 9.75. The lowest BCUT2D eigenvalue weighted by Crippen LogP contribution is -2.27. The van der Waals surface area contributed by atoms with Crippen molar-refractivity contribution in [2.24, 2.45) is 0 Å². The summed E-state index contributed by atoms with van der Waals surface area (Å²) in [6.07, 6.45) is -4.71. The van der Waals surface area contributed by atoms with Gasteiger partial charge >= 0.3 is 12.8 Å². The van der Waals surface area contributed by atoms with Crippen molar-refractivity contribution in [3.05, 3.63) is 52.7 Å². The highest BCUT2D eigenvalue weighted by Gasteiger charge is 2.35. The molecule has 1 aromatic heterocycles. The summed E-state index contributed by atoms with van der Waals surface area (Å²) in [6, 6.07) is 8.01. The first-order chi connectivity index (χ1) is 14.0. The molecule has 0 radical (unpaired) electrons. The number of carbonyl (C=O) groups is 1. The maximum atomic E-state index is 13.1. The number of benzene rings is 1. The van der Waals surface area contributed by atoms with E-state index in [1.807, 2.05) is 0 Å². The molecule has 0 saturated carbocycles. The summed E-state index contributed by atoms with van der Waals surface area (Å²) in [6.45, 7) is -1.42. The van der Waals surface area contributed by atoms with Crippen LogP contribution in [0.15, 0.2) is 35.4 Å². The van der Waals surface area contributed by atoms with Crippen molar-refractivity contribution in [1.29, 1.82) is 5.26 Å². The van der Waals surface area contributed by atoms with Crippen LogP contribution in [0.1, 0.15) is 22.4 Å². The summed E-state index contributed by atoms with van der Waals surface area (Å²) in [5, 5.41) is 8.98. The molecule has 0 aliphatic carbocycles. The van der Waals surface area contributed by atoms with Crippen LogP contribution < -0.4 is 4.74 Å². The van der Waals surface area contributed by atoms with Gasteiger partial charge in [-0.25, -0.2) is 4.98 Å². The Morgan fingerprint density at radius 1 is 1.30 bits per heavy atom. The van der Waals surface area contributed by atoms with Crippen molar-refractivity contribution < 1.29 is 31.5 Å². The van der Waals surface area contributed by atoms with E-state index in [1.54, 1.807) is 0 Å². The Balaban J connectivity index is 2.05. The number of hydrogen-bond donors (Lipinski definition) is 0. The molecule has 0 unspecified atom stereocenters. The molecule has 0 fully saturated rings. The highest BCUT2D eigenvalue weighted by molar-refractivity contribution is 8.00. The van der Waals surface area contributed by atoms with E-state index in [4.69, 9.17) is 5.26 Å². The largest absolute Gasteiger partial charge is 0.435 e. The van der Waals surface area contributed by atoms with Crippen molar-refractivity contribution in [3.63, 3.8) is 0 Å². The van der Waals surface area contributed by atoms with Gasteiger partial charge in [0.15, 0.2) is 0 Å². The second-order valence-corrected chi connectivity index (χ2v) is 7.13. The lowest BCUT2D eigenvalue weighted by Gasteiger charge is -2.18. The fraction of sp³-hybridized carbons (Fsp3) is 0.316. The first-order valence-electron chi connectivity index (χ1n) is 8.40. The van der Waals surface area contributed by atoms with Crippen LogP contribution in [-0.2, 0) is 17.5 Å². The maximum Gasteiger partial charge on any atom is 0.417 e. The number of nitriles is 1. The number of pyridine rings is 1. The summed E-state index contributed by atoms with van der Waals surface area (Å²) >= 11 is 0.744. The first kappa shape index (κ1) is 23.4. The molecule has 0 atom stereocenters. The van der Waals surface area contributed by atoms with E-state index in [-0.39, 0.29) is 28.8 Å². The normalized spacial score (nSPS) is 11.3. The Morgan fingerprint density at radius 3 is 2.47 bits per heavy atom. The Hall–Kier alpha value is -2.87. The molecule has 0 aliphatic rings. The van der Waals surface area contributed by atoms with Crippen molar-refractivity contribution in [2.75, 3.05) is 12.8 Å². The van der Waals surface area contributed by atoms with Crippen LogP contribution >= 0.6 is 11.8 Å². The fourth-order valence-corrected chi connectivity index (χ4v) is 3.45. The summed E-state index contributed by atoms with van der Waals surface area (Å²) in [4.78, 5) is 17.6. The molecule has 5 nitrogen and oxygen atoms in total. The van der Waals surface area contributed by atoms with Gasteiger partial charge in [0.1, 0.15) is 16.8 Å². The highest BCUT2D eigenvalue weighted by Crippen LogP contribution is 2.35. The molecule has 2 aromatic rings. The topological polar surface area (TPSA) is 66.2 Å². The lowest BCUT2D eigenvalue weighted by molar-refractivity contribution is -0.138. The average Bonchev–Trinajstić information content (AvgIpc) is 2.66. The Kier molecular flexibility index (Phi) is 7.61. The molecule has 1 heterocycles. The zero-order valence-corrected chi connectivity index (χ0v) is 16.7. The standard InChI is InChI=1S/C19H16F5N3O2S/c1-11-7-15(19(22,23)24)14(8-25)17(26-11)30-10-16(28)27(2)9-12-3-5-13(6-4-12)29-18(20)21/h3-7,18H,9-10H2,1-2H3. The van der Waals surface area contributed by atoms with Crippen LogP contribution in [0.25, 0.3) is 0 Å². The van der Waals surface area contributed by atoms with Gasteiger partial charge < -0.3 is 9.64 Å². The summed E-state index contributed by atoms with van der Waals surface area (Å²) in [5.74, 6) is -0.659. The zero-order valence-electron chi connectivity index (χ0n) is 15.8. The number of halogens is 5. The van der Waals surface area contributed by atoms with Crippen molar-refractivity contribution in [3.8, 4) is 11.8 Å². The molecule has 11 heteroatoms. The van der Waals surface area contributed by atoms with Crippen LogP contribution in [0, 0.1) is 18.3 Å². The minimum Gasteiger partial charge on any atom is -0.435 e. The number of ether oxygens (including phenoxy) is 1. The number of thioether (sulfide) groups is 1. The molecule has 30 heavy (non-hydrogen) atoms. The summed E-state index contributed by atoms with van der Waals surface area (Å²) in [7, 11) is 1.49. The van der Waals surface area contributed by atoms with E-state index < -0.39 is 29.8 Å². The maximum absolute atomic E-state index is 13.1. The average molecular weight is 445 g/mol. The highest BCUT2D eigenvalue weighted by atomic mass is 32.2. The van der Waals surface area contributed by atoms with Gasteiger partial charge in [-0.3, -0.25) is 4.79 Å². The van der Waals surface area contributed by atoms with Crippen LogP contribution in [0.3, 0.4) is 0 Å². The van der Waals surface area contributed by atoms with E-state index >= 15 is 0 Å². The predicted molar refractivity (Wildman–Crippen MR) is 99.0 cm³/mol. The number of hydrogen-bond acceptors (Lipinski definition) is 5. The molecule has 0 aliphatic heterocycles. The molecule has 0 N–H and O–H groups in total. The third kappa shape index (κ3) is 6.32. The van der Waals surface area contributed by atoms with Crippen molar-refractivity contribution >= 4 is 17.7 Å². The van der Waals surface area contributed by atoms with Gasteiger partial charge in [-0.05, 0) is 30.7 Å². The summed E-state index contributed by atoms with van der Waals surface area (Å²) in [5.41, 5.74) is -0.992. The van der Waals surface area contributed by atoms with Gasteiger partial charge in [0.2, 0.25) is 5.91 Å². The SMILES string of the molecule is Cc1cc(C(F)(F)F)c(C#N)c(SCC(=O)N(C)Cc2ccc(OC(F)F)cc2)n1. The Bertz CT molecular complexity index is 943. The number of alkyl halides is 5. The fourth-order valence-electron chi connectivity index (χ4n) is 2.46. The van der Waals surface area contributed by atoms with E-state index in [9.17, 15) is 26.7 Å². The molecule has 0 bridgehead atoms. The number of rotatable bonds is 7. The molecular weight excluding hydrogens is 429 g/mol. The van der Waals surface area contributed by atoms with Gasteiger partial charge in [-0.1, -0.05) is 23.9 Å². The van der Waals surface area contributed by atoms with Crippen molar-refractivity contribution in [1.82, 2.24) is 9.88 Å². The molecular formula is C19H16F5N3O2S. The van der Waals surface area contributed by atoms with Crippen molar-refractivity contribution in [2.45, 2.75) is 31.3 Å². The molecule has 0 saturated heterocycles. The third-order valence-corrected chi connectivity index (χ3v) is 4.82. The smallest absolute Gasteiger partial charge is 0.417 e. The number of aromatic nitrogens is 1. The van der Waals surface area contributed by atoms with Gasteiger partial charge in [0.05, 0.1) is 16.9 Å². The van der Waals surface area contributed by atoms with E-state index in [0.717, 1.165) is 17.8 Å². The van der Waals surface area contributed by atoms with Crippen LogP contribution in [0.4, 0.5) is 22.0 Å². The van der Waals surface area contributed by atoms with Gasteiger partial charge in [-0.15, -0.1) is 0 Å². The second-order valence-electron chi connectivity index (χ2n) is 6.16. The summed E-state index contributed by atoms with van der Waals surface area (Å²) < 4.78 is 68.0. The van der Waals surface area contributed by atoms with Crippen LogP contribution in [-0.4, -0.2) is 35.2 Å². The number of nitrogens with zero attached hydrogens (tertiary/aromatic N) is 3. The molecule has 1 amide bonds. The minimum absolute atomic E-state index is 0.0201. The van der Waals surface area contributed by atoms with E-state index in [1.165, 1.54) is 49.2 Å². The molecule has 160 valence electrons. The van der Waals surface area contributed by atoms with Crippen LogP contribution in [0.2, 0.25) is 0 Å². The number of carbonyl (C=O) groups excluding carboxylic acids is 1. The lowest BCUT2D eigenvalue weighted by atomic mass is 10.1.